The second-order valence-electron chi connectivity index (χ2n) is 4.54. The van der Waals surface area contributed by atoms with Crippen LogP contribution in [0.15, 0.2) is 0 Å². The normalized spacial score (nSPS) is 15.0. The van der Waals surface area contributed by atoms with Crippen LogP contribution in [0.3, 0.4) is 0 Å². The zero-order valence-corrected chi connectivity index (χ0v) is 10.6. The monoisotopic (exact) mass is 237 g/mol. The molecule has 1 fully saturated rings. The first-order valence-electron chi connectivity index (χ1n) is 5.95. The summed E-state index contributed by atoms with van der Waals surface area (Å²) in [4.78, 5) is 11.2. The molecular formula is C12H19N3O2. The SMILES string of the molecule is COC(=O)Cn1nc(C)c(CNC2CC2)c1C. The smallest absolute Gasteiger partial charge is 0.327 e. The first-order valence-corrected chi connectivity index (χ1v) is 5.95. The van der Waals surface area contributed by atoms with Gasteiger partial charge in [-0.25, -0.2) is 0 Å². The summed E-state index contributed by atoms with van der Waals surface area (Å²) >= 11 is 0. The van der Waals surface area contributed by atoms with E-state index in [9.17, 15) is 4.79 Å². The minimum Gasteiger partial charge on any atom is -0.468 e. The summed E-state index contributed by atoms with van der Waals surface area (Å²) in [6.07, 6.45) is 2.54. The van der Waals surface area contributed by atoms with Gasteiger partial charge in [0.25, 0.3) is 0 Å². The highest BCUT2D eigenvalue weighted by atomic mass is 16.5. The Balaban J connectivity index is 2.06. The Morgan fingerprint density at radius 2 is 2.24 bits per heavy atom. The molecule has 0 unspecified atom stereocenters. The molecule has 1 aliphatic carbocycles. The number of carbonyl (C=O) groups excluding carboxylic acids is 1. The average Bonchev–Trinajstić information content (AvgIpc) is 3.07. The molecule has 0 atom stereocenters. The third-order valence-corrected chi connectivity index (χ3v) is 3.18. The lowest BCUT2D eigenvalue weighted by Crippen LogP contribution is -2.17. The zero-order valence-electron chi connectivity index (χ0n) is 10.6. The van der Waals surface area contributed by atoms with Crippen molar-refractivity contribution in [3.05, 3.63) is 17.0 Å². The third kappa shape index (κ3) is 2.85. The van der Waals surface area contributed by atoms with Gasteiger partial charge in [0, 0.05) is 23.8 Å². The highest BCUT2D eigenvalue weighted by molar-refractivity contribution is 5.69. The zero-order chi connectivity index (χ0) is 12.4. The number of nitrogens with one attached hydrogen (secondary N) is 1. The van der Waals surface area contributed by atoms with Crippen molar-refractivity contribution in [1.29, 1.82) is 0 Å². The number of methoxy groups -OCH3 is 1. The summed E-state index contributed by atoms with van der Waals surface area (Å²) < 4.78 is 6.36. The Hall–Kier alpha value is -1.36. The first-order chi connectivity index (χ1) is 8.11. The molecule has 2 rings (SSSR count). The van der Waals surface area contributed by atoms with E-state index < -0.39 is 0 Å². The van der Waals surface area contributed by atoms with E-state index in [1.165, 1.54) is 25.5 Å². The van der Waals surface area contributed by atoms with Crippen molar-refractivity contribution in [2.24, 2.45) is 0 Å². The van der Waals surface area contributed by atoms with Crippen LogP contribution in [-0.2, 0) is 22.6 Å². The van der Waals surface area contributed by atoms with Crippen molar-refractivity contribution < 1.29 is 9.53 Å². The largest absolute Gasteiger partial charge is 0.468 e. The Morgan fingerprint density at radius 3 is 2.82 bits per heavy atom. The number of nitrogens with zero attached hydrogens (tertiary/aromatic N) is 2. The predicted octanol–water partition coefficient (Wildman–Crippen LogP) is 0.925. The molecule has 0 radical (unpaired) electrons. The maximum atomic E-state index is 11.2. The molecule has 0 amide bonds. The van der Waals surface area contributed by atoms with Gasteiger partial charge in [-0.15, -0.1) is 0 Å². The summed E-state index contributed by atoms with van der Waals surface area (Å²) in [7, 11) is 1.39. The van der Waals surface area contributed by atoms with E-state index in [1.54, 1.807) is 4.68 Å². The molecule has 1 aromatic rings. The van der Waals surface area contributed by atoms with E-state index >= 15 is 0 Å². The first kappa shape index (κ1) is 12.1. The van der Waals surface area contributed by atoms with E-state index in [1.807, 2.05) is 13.8 Å². The van der Waals surface area contributed by atoms with Crippen LogP contribution in [0.1, 0.15) is 29.8 Å². The van der Waals surface area contributed by atoms with Crippen molar-refractivity contribution >= 4 is 5.97 Å². The number of hydrogen-bond donors (Lipinski definition) is 1. The Morgan fingerprint density at radius 1 is 1.53 bits per heavy atom. The van der Waals surface area contributed by atoms with Gasteiger partial charge in [-0.05, 0) is 26.7 Å². The molecule has 94 valence electrons. The fourth-order valence-electron chi connectivity index (χ4n) is 1.86. The van der Waals surface area contributed by atoms with Gasteiger partial charge in [-0.3, -0.25) is 9.48 Å². The van der Waals surface area contributed by atoms with Gasteiger partial charge < -0.3 is 10.1 Å². The Kier molecular flexibility index (Phi) is 3.47. The second kappa shape index (κ2) is 4.87. The number of esters is 1. The van der Waals surface area contributed by atoms with Crippen molar-refractivity contribution in [2.45, 2.75) is 45.8 Å². The molecule has 17 heavy (non-hydrogen) atoms. The minimum absolute atomic E-state index is 0.187. The van der Waals surface area contributed by atoms with E-state index in [0.29, 0.717) is 6.04 Å². The lowest BCUT2D eigenvalue weighted by Gasteiger charge is -2.05. The molecule has 5 heteroatoms. The predicted molar refractivity (Wildman–Crippen MR) is 63.6 cm³/mol. The molecular weight excluding hydrogens is 218 g/mol. The molecule has 0 aromatic carbocycles. The second-order valence-corrected chi connectivity index (χ2v) is 4.54. The molecule has 1 N–H and O–H groups in total. The number of carbonyl (C=O) groups is 1. The maximum Gasteiger partial charge on any atom is 0.327 e. The Labute approximate surface area is 101 Å². The van der Waals surface area contributed by atoms with Crippen LogP contribution in [0.5, 0.6) is 0 Å². The third-order valence-electron chi connectivity index (χ3n) is 3.18. The van der Waals surface area contributed by atoms with Crippen molar-refractivity contribution in [1.82, 2.24) is 15.1 Å². The molecule has 1 saturated carbocycles. The van der Waals surface area contributed by atoms with Crippen LogP contribution in [0, 0.1) is 13.8 Å². The molecule has 0 aliphatic heterocycles. The van der Waals surface area contributed by atoms with E-state index in [2.05, 4.69) is 15.2 Å². The number of aromatic nitrogens is 2. The van der Waals surface area contributed by atoms with Crippen molar-refractivity contribution in [3.63, 3.8) is 0 Å². The molecule has 1 aromatic heterocycles. The number of aryl methyl sites for hydroxylation is 1. The van der Waals surface area contributed by atoms with Crippen LogP contribution in [0.25, 0.3) is 0 Å². The number of ether oxygens (including phenoxy) is 1. The van der Waals surface area contributed by atoms with Gasteiger partial charge >= 0.3 is 5.97 Å². The van der Waals surface area contributed by atoms with Crippen molar-refractivity contribution in [2.75, 3.05) is 7.11 Å². The van der Waals surface area contributed by atoms with E-state index in [4.69, 9.17) is 0 Å². The van der Waals surface area contributed by atoms with Gasteiger partial charge in [0.1, 0.15) is 6.54 Å². The Bertz CT molecular complexity index is 422. The van der Waals surface area contributed by atoms with Gasteiger partial charge in [0.2, 0.25) is 0 Å². The van der Waals surface area contributed by atoms with Gasteiger partial charge in [-0.2, -0.15) is 5.10 Å². The van der Waals surface area contributed by atoms with Crippen LogP contribution < -0.4 is 5.32 Å². The van der Waals surface area contributed by atoms with Crippen LogP contribution in [0.4, 0.5) is 0 Å². The summed E-state index contributed by atoms with van der Waals surface area (Å²) in [5.41, 5.74) is 3.22. The quantitative estimate of drug-likeness (QED) is 0.774. The van der Waals surface area contributed by atoms with Gasteiger partial charge in [-0.1, -0.05) is 0 Å². The highest BCUT2D eigenvalue weighted by Gasteiger charge is 2.22. The lowest BCUT2D eigenvalue weighted by molar-refractivity contribution is -0.141. The van der Waals surface area contributed by atoms with E-state index in [-0.39, 0.29) is 12.5 Å². The fraction of sp³-hybridized carbons (Fsp3) is 0.667. The summed E-state index contributed by atoms with van der Waals surface area (Å²) in [6.45, 7) is 4.99. The van der Waals surface area contributed by atoms with Crippen LogP contribution >= 0.6 is 0 Å². The lowest BCUT2D eigenvalue weighted by atomic mass is 10.2. The van der Waals surface area contributed by atoms with Crippen LogP contribution in [0.2, 0.25) is 0 Å². The molecule has 0 saturated heterocycles. The standard InChI is InChI=1S/C12H19N3O2/c1-8-11(6-13-10-4-5-10)9(2)15(14-8)7-12(16)17-3/h10,13H,4-7H2,1-3H3. The number of rotatable bonds is 5. The minimum atomic E-state index is -0.266. The van der Waals surface area contributed by atoms with Crippen molar-refractivity contribution in [3.8, 4) is 0 Å². The number of hydrogen-bond acceptors (Lipinski definition) is 4. The molecule has 5 nitrogen and oxygen atoms in total. The van der Waals surface area contributed by atoms with Gasteiger partial charge in [0.15, 0.2) is 0 Å². The topological polar surface area (TPSA) is 56.2 Å². The summed E-state index contributed by atoms with van der Waals surface area (Å²) in [6, 6.07) is 0.678. The fourth-order valence-corrected chi connectivity index (χ4v) is 1.86. The summed E-state index contributed by atoms with van der Waals surface area (Å²) in [5.74, 6) is -0.266. The van der Waals surface area contributed by atoms with Gasteiger partial charge in [0.05, 0.1) is 12.8 Å². The molecule has 0 spiro atoms. The molecule has 0 bridgehead atoms. The maximum absolute atomic E-state index is 11.2. The molecule has 1 aliphatic rings. The highest BCUT2D eigenvalue weighted by Crippen LogP contribution is 2.21. The van der Waals surface area contributed by atoms with Crippen LogP contribution in [-0.4, -0.2) is 28.9 Å². The average molecular weight is 237 g/mol. The summed E-state index contributed by atoms with van der Waals surface area (Å²) in [5, 5.41) is 7.84. The van der Waals surface area contributed by atoms with E-state index in [0.717, 1.165) is 17.9 Å². The molecule has 1 heterocycles.